The van der Waals surface area contributed by atoms with Crippen LogP contribution in [-0.2, 0) is 9.53 Å². The van der Waals surface area contributed by atoms with Gasteiger partial charge in [-0.3, -0.25) is 4.79 Å². The first kappa shape index (κ1) is 15.9. The summed E-state index contributed by atoms with van der Waals surface area (Å²) in [4.78, 5) is 10.7. The molecule has 0 aliphatic rings. The molecular weight excluding hydrogens is 175 g/mol. The molecule has 0 rings (SSSR count). The maximum atomic E-state index is 10.7. The second kappa shape index (κ2) is 10.6. The van der Waals surface area contributed by atoms with Crippen molar-refractivity contribution < 1.29 is 9.53 Å². The first-order valence-electron chi connectivity index (χ1n) is 4.77. The van der Waals surface area contributed by atoms with Crippen molar-refractivity contribution in [2.75, 3.05) is 7.11 Å². The molecule has 0 aromatic heterocycles. The van der Waals surface area contributed by atoms with Gasteiger partial charge in [-0.1, -0.05) is 33.1 Å². The van der Waals surface area contributed by atoms with Crippen LogP contribution in [-0.4, -0.2) is 42.6 Å². The molecule has 3 heteroatoms. The van der Waals surface area contributed by atoms with Crippen molar-refractivity contribution in [1.82, 2.24) is 0 Å². The molecule has 0 aromatic rings. The fourth-order valence-electron chi connectivity index (χ4n) is 1.33. The first-order chi connectivity index (χ1) is 5.70. The molecule has 74 valence electrons. The van der Waals surface area contributed by atoms with Crippen LogP contribution in [0.4, 0.5) is 0 Å². The third-order valence-corrected chi connectivity index (χ3v) is 2.09. The van der Waals surface area contributed by atoms with E-state index in [0.717, 1.165) is 18.8 Å². The van der Waals surface area contributed by atoms with E-state index in [1.165, 1.54) is 20.0 Å². The van der Waals surface area contributed by atoms with E-state index in [0.29, 0.717) is 6.42 Å². The van der Waals surface area contributed by atoms with Gasteiger partial charge in [-0.2, -0.15) is 0 Å². The van der Waals surface area contributed by atoms with E-state index in [9.17, 15) is 4.79 Å². The van der Waals surface area contributed by atoms with Gasteiger partial charge in [0.2, 0.25) is 0 Å². The van der Waals surface area contributed by atoms with Crippen LogP contribution in [0.2, 0.25) is 0 Å². The van der Waals surface area contributed by atoms with Gasteiger partial charge in [0.25, 0.3) is 0 Å². The second-order valence-corrected chi connectivity index (χ2v) is 3.36. The Bertz CT molecular complexity index is 126. The summed E-state index contributed by atoms with van der Waals surface area (Å²) in [5.41, 5.74) is 0. The van der Waals surface area contributed by atoms with E-state index in [1.807, 2.05) is 0 Å². The first-order valence-corrected chi connectivity index (χ1v) is 4.77. The summed E-state index contributed by atoms with van der Waals surface area (Å²) in [5.74, 6) is 0.665. The van der Waals surface area contributed by atoms with Gasteiger partial charge in [-0.05, 0) is 12.3 Å². The number of methoxy groups -OCH3 is 1. The third-order valence-electron chi connectivity index (χ3n) is 2.09. The van der Waals surface area contributed by atoms with E-state index in [1.54, 1.807) is 0 Å². The molecule has 13 heavy (non-hydrogen) atoms. The zero-order valence-electron chi connectivity index (χ0n) is 8.43. The predicted molar refractivity (Wildman–Crippen MR) is 57.1 cm³/mol. The number of ether oxygens (including phenoxy) is 1. The second-order valence-electron chi connectivity index (χ2n) is 3.36. The monoisotopic (exact) mass is 196 g/mol. The van der Waals surface area contributed by atoms with Crippen LogP contribution >= 0.6 is 0 Å². The summed E-state index contributed by atoms with van der Waals surface area (Å²) in [5, 5.41) is 0. The quantitative estimate of drug-likeness (QED) is 0.480. The van der Waals surface area contributed by atoms with Crippen molar-refractivity contribution in [3.8, 4) is 0 Å². The van der Waals surface area contributed by atoms with E-state index in [-0.39, 0.29) is 35.5 Å². The Morgan fingerprint density at radius 2 is 2.00 bits per heavy atom. The number of hydrogen-bond acceptors (Lipinski definition) is 2. The number of carbonyl (C=O) groups excluding carboxylic acids is 1. The van der Waals surface area contributed by atoms with Crippen LogP contribution in [0.1, 0.15) is 46.0 Å². The van der Waals surface area contributed by atoms with Crippen LogP contribution < -0.4 is 0 Å². The molecule has 0 aliphatic carbocycles. The van der Waals surface area contributed by atoms with Gasteiger partial charge in [0.1, 0.15) is 0 Å². The fraction of sp³-hybridized carbons (Fsp3) is 0.900. The van der Waals surface area contributed by atoms with Gasteiger partial charge in [0.15, 0.2) is 0 Å². The van der Waals surface area contributed by atoms with Gasteiger partial charge in [-0.15, -0.1) is 0 Å². The molecule has 0 aliphatic heterocycles. The molecule has 0 radical (unpaired) electrons. The Labute approximate surface area is 104 Å². The maximum absolute atomic E-state index is 10.7. The molecule has 0 fully saturated rings. The van der Waals surface area contributed by atoms with Gasteiger partial charge in [0.05, 0.1) is 7.11 Å². The third kappa shape index (κ3) is 10.4. The molecule has 0 aromatic carbocycles. The molecule has 0 saturated heterocycles. The van der Waals surface area contributed by atoms with Crippen molar-refractivity contribution in [1.29, 1.82) is 0 Å². The van der Waals surface area contributed by atoms with E-state index >= 15 is 0 Å². The van der Waals surface area contributed by atoms with Crippen molar-refractivity contribution in [2.24, 2.45) is 5.92 Å². The summed E-state index contributed by atoms with van der Waals surface area (Å²) in [6.07, 6.45) is 5.18. The van der Waals surface area contributed by atoms with Gasteiger partial charge in [0, 0.05) is 6.42 Å². The van der Waals surface area contributed by atoms with Crippen LogP contribution in [0.15, 0.2) is 0 Å². The molecule has 0 heterocycles. The number of rotatable bonds is 6. The van der Waals surface area contributed by atoms with Crippen LogP contribution in [0.25, 0.3) is 0 Å². The van der Waals surface area contributed by atoms with Crippen LogP contribution in [0, 0.1) is 5.92 Å². The molecule has 1 unspecified atom stereocenters. The summed E-state index contributed by atoms with van der Waals surface area (Å²) in [6.45, 7) is 4.43. The summed E-state index contributed by atoms with van der Waals surface area (Å²) in [7, 11) is 1.44. The Hall–Kier alpha value is 0.470. The number of hydrogen-bond donors (Lipinski definition) is 0. The minimum atomic E-state index is -0.0845. The van der Waals surface area contributed by atoms with Crippen LogP contribution in [0.3, 0.4) is 0 Å². The Kier molecular flexibility index (Phi) is 12.9. The molecule has 2 nitrogen and oxygen atoms in total. The Balaban J connectivity index is 0. The van der Waals surface area contributed by atoms with Crippen molar-refractivity contribution in [3.63, 3.8) is 0 Å². The average Bonchev–Trinajstić information content (AvgIpc) is 2.04. The fourth-order valence-corrected chi connectivity index (χ4v) is 1.33. The average molecular weight is 196 g/mol. The van der Waals surface area contributed by atoms with Crippen LogP contribution in [0.5, 0.6) is 0 Å². The molecule has 0 spiro atoms. The van der Waals surface area contributed by atoms with Crippen molar-refractivity contribution in [3.05, 3.63) is 0 Å². The van der Waals surface area contributed by atoms with Crippen molar-refractivity contribution >= 4 is 35.5 Å². The molecule has 0 bridgehead atoms. The van der Waals surface area contributed by atoms with E-state index in [2.05, 4.69) is 18.6 Å². The Morgan fingerprint density at radius 1 is 1.38 bits per heavy atom. The normalized spacial score (nSPS) is 11.6. The van der Waals surface area contributed by atoms with Gasteiger partial charge < -0.3 is 4.74 Å². The topological polar surface area (TPSA) is 26.3 Å². The van der Waals surface area contributed by atoms with Gasteiger partial charge >= 0.3 is 35.5 Å². The Morgan fingerprint density at radius 3 is 2.46 bits per heavy atom. The summed E-state index contributed by atoms with van der Waals surface area (Å²) in [6, 6.07) is 0. The molecule has 0 amide bonds. The number of carbonyl (C=O) groups is 1. The van der Waals surface area contributed by atoms with E-state index in [4.69, 9.17) is 0 Å². The molecule has 0 N–H and O–H groups in total. The van der Waals surface area contributed by atoms with Gasteiger partial charge in [-0.25, -0.2) is 0 Å². The minimum absolute atomic E-state index is 0. The predicted octanol–water partition coefficient (Wildman–Crippen LogP) is 2.12. The summed E-state index contributed by atoms with van der Waals surface area (Å²) >= 11 is 0. The summed E-state index contributed by atoms with van der Waals surface area (Å²) < 4.78 is 4.55. The zero-order chi connectivity index (χ0) is 9.40. The van der Waals surface area contributed by atoms with E-state index < -0.39 is 0 Å². The number of esters is 1. The standard InChI is InChI=1S/C10H20O2.Na.H/c1-4-6-9(2)7-5-8-10(11)12-3;;/h9H,4-8H2,1-3H3;;. The SMILES string of the molecule is CCCC(C)CCCC(=O)OC.[NaH]. The molecule has 1 atom stereocenters. The molecule has 0 saturated carbocycles. The zero-order valence-corrected chi connectivity index (χ0v) is 8.43. The molecular formula is C10H21NaO2. The van der Waals surface area contributed by atoms with Crippen molar-refractivity contribution in [2.45, 2.75) is 46.0 Å².